The van der Waals surface area contributed by atoms with Crippen molar-refractivity contribution in [3.8, 4) is 0 Å². The summed E-state index contributed by atoms with van der Waals surface area (Å²) in [6.07, 6.45) is 2.44. The molecule has 34 heavy (non-hydrogen) atoms. The van der Waals surface area contributed by atoms with Gasteiger partial charge in [-0.15, -0.1) is 0 Å². The minimum Gasteiger partial charge on any atom is -0.444 e. The summed E-state index contributed by atoms with van der Waals surface area (Å²) >= 11 is 0. The predicted molar refractivity (Wildman–Crippen MR) is 131 cm³/mol. The fourth-order valence-electron chi connectivity index (χ4n) is 3.92. The second-order valence-corrected chi connectivity index (χ2v) is 9.87. The number of nitrogens with zero attached hydrogens (tertiary/aromatic N) is 1. The smallest absolute Gasteiger partial charge is 0.407 e. The van der Waals surface area contributed by atoms with E-state index in [9.17, 15) is 9.59 Å². The van der Waals surface area contributed by atoms with Gasteiger partial charge in [0, 0.05) is 11.7 Å². The summed E-state index contributed by atoms with van der Waals surface area (Å²) in [6, 6.07) is 7.95. The first-order valence-electron chi connectivity index (χ1n) is 11.5. The number of nitrogens with one attached hydrogen (secondary N) is 3. The van der Waals surface area contributed by atoms with Crippen molar-refractivity contribution in [1.82, 2.24) is 10.3 Å². The third-order valence-electron chi connectivity index (χ3n) is 5.77. The topological polar surface area (TPSA) is 118 Å². The van der Waals surface area contributed by atoms with Gasteiger partial charge >= 0.3 is 6.09 Å². The van der Waals surface area contributed by atoms with Crippen molar-refractivity contribution >= 4 is 29.3 Å². The van der Waals surface area contributed by atoms with E-state index in [-0.39, 0.29) is 35.2 Å². The zero-order valence-electron chi connectivity index (χ0n) is 20.4. The molecule has 184 valence electrons. The molecule has 1 heterocycles. The molecule has 1 aromatic heterocycles. The van der Waals surface area contributed by atoms with E-state index in [1.807, 2.05) is 38.1 Å². The van der Waals surface area contributed by atoms with Gasteiger partial charge in [-0.05, 0) is 77.1 Å². The maximum Gasteiger partial charge on any atom is 0.407 e. The highest BCUT2D eigenvalue weighted by molar-refractivity contribution is 5.98. The summed E-state index contributed by atoms with van der Waals surface area (Å²) in [6.45, 7) is 9.17. The van der Waals surface area contributed by atoms with Gasteiger partial charge in [0.1, 0.15) is 11.4 Å². The molecule has 2 amide bonds. The molecule has 1 fully saturated rings. The normalized spacial score (nSPS) is 15.6. The highest BCUT2D eigenvalue weighted by Gasteiger charge is 2.34. The molecule has 0 radical (unpaired) electrons. The van der Waals surface area contributed by atoms with Crippen LogP contribution in [-0.2, 0) is 4.74 Å². The van der Waals surface area contributed by atoms with Gasteiger partial charge < -0.3 is 26.4 Å². The molecule has 3 rings (SSSR count). The number of anilines is 3. The molecule has 2 aromatic rings. The molecule has 8 nitrogen and oxygen atoms in total. The maximum absolute atomic E-state index is 15.0. The van der Waals surface area contributed by atoms with Crippen LogP contribution in [0.5, 0.6) is 0 Å². The zero-order chi connectivity index (χ0) is 25.0. The molecule has 1 aliphatic rings. The molecule has 1 aliphatic carbocycles. The number of carbonyl (C=O) groups is 2. The van der Waals surface area contributed by atoms with Gasteiger partial charge in [0.15, 0.2) is 11.6 Å². The van der Waals surface area contributed by atoms with Crippen molar-refractivity contribution in [2.45, 2.75) is 71.6 Å². The number of rotatable bonds is 8. The molecular formula is C25H34FN5O3. The number of halogens is 1. The van der Waals surface area contributed by atoms with E-state index in [1.54, 1.807) is 20.8 Å². The summed E-state index contributed by atoms with van der Waals surface area (Å²) in [5.41, 5.74) is 6.51. The number of aromatic nitrogens is 1. The van der Waals surface area contributed by atoms with Crippen LogP contribution in [0.1, 0.15) is 62.9 Å². The monoisotopic (exact) mass is 471 g/mol. The van der Waals surface area contributed by atoms with Gasteiger partial charge in [-0.2, -0.15) is 0 Å². The van der Waals surface area contributed by atoms with Crippen LogP contribution in [0.25, 0.3) is 0 Å². The van der Waals surface area contributed by atoms with Crippen molar-refractivity contribution < 1.29 is 18.7 Å². The summed E-state index contributed by atoms with van der Waals surface area (Å²) in [5, 5.41) is 9.10. The Bertz CT molecular complexity index is 1050. The van der Waals surface area contributed by atoms with Gasteiger partial charge in [0.2, 0.25) is 0 Å². The highest BCUT2D eigenvalue weighted by atomic mass is 19.1. The molecular weight excluding hydrogens is 437 g/mol. The maximum atomic E-state index is 15.0. The number of nitrogens with two attached hydrogens (primary N) is 1. The third-order valence-corrected chi connectivity index (χ3v) is 5.77. The van der Waals surface area contributed by atoms with Crippen LogP contribution in [-0.4, -0.2) is 34.7 Å². The largest absolute Gasteiger partial charge is 0.444 e. The number of carbonyl (C=O) groups excluding carboxylic acids is 2. The number of hydrogen-bond donors (Lipinski definition) is 4. The number of pyridine rings is 1. The first kappa shape index (κ1) is 25.3. The second-order valence-electron chi connectivity index (χ2n) is 9.87. The van der Waals surface area contributed by atoms with E-state index >= 15 is 4.39 Å². The average molecular weight is 472 g/mol. The lowest BCUT2D eigenvalue weighted by atomic mass is 9.77. The van der Waals surface area contributed by atoms with E-state index in [2.05, 4.69) is 20.9 Å². The van der Waals surface area contributed by atoms with Crippen LogP contribution in [0.2, 0.25) is 0 Å². The van der Waals surface area contributed by atoms with Crippen LogP contribution >= 0.6 is 0 Å². The Morgan fingerprint density at radius 3 is 2.47 bits per heavy atom. The lowest BCUT2D eigenvalue weighted by Gasteiger charge is -2.38. The van der Waals surface area contributed by atoms with Gasteiger partial charge in [0.05, 0.1) is 11.6 Å². The molecule has 2 atom stereocenters. The number of benzene rings is 1. The van der Waals surface area contributed by atoms with Crippen molar-refractivity contribution in [3.63, 3.8) is 0 Å². The Kier molecular flexibility index (Phi) is 7.64. The first-order chi connectivity index (χ1) is 15.9. The van der Waals surface area contributed by atoms with Crippen molar-refractivity contribution in [1.29, 1.82) is 0 Å². The number of alkyl carbamates (subject to hydrolysis) is 1. The SMILES string of the molecule is Cc1cccc(Nc2nc(N[C@H](C3CCC3)[C@H](C)NC(=O)OC(C)(C)C)c(F)cc2C(N)=O)c1. The summed E-state index contributed by atoms with van der Waals surface area (Å²) < 4.78 is 20.4. The Morgan fingerprint density at radius 1 is 1.21 bits per heavy atom. The van der Waals surface area contributed by atoms with Crippen molar-refractivity contribution in [3.05, 3.63) is 47.3 Å². The molecule has 0 aliphatic heterocycles. The minimum atomic E-state index is -0.788. The number of hydrogen-bond acceptors (Lipinski definition) is 6. The second kappa shape index (κ2) is 10.3. The molecule has 1 saturated carbocycles. The van der Waals surface area contributed by atoms with Crippen LogP contribution in [0.15, 0.2) is 30.3 Å². The van der Waals surface area contributed by atoms with Crippen LogP contribution in [0.4, 0.5) is 26.5 Å². The Hall–Kier alpha value is -3.36. The number of primary amides is 1. The molecule has 5 N–H and O–H groups in total. The van der Waals surface area contributed by atoms with Gasteiger partial charge in [-0.1, -0.05) is 18.6 Å². The van der Waals surface area contributed by atoms with E-state index in [0.717, 1.165) is 30.9 Å². The quantitative estimate of drug-likeness (QED) is 0.436. The van der Waals surface area contributed by atoms with Crippen molar-refractivity contribution in [2.24, 2.45) is 11.7 Å². The molecule has 0 unspecified atom stereocenters. The van der Waals surface area contributed by atoms with Gasteiger partial charge in [-0.25, -0.2) is 14.2 Å². The zero-order valence-corrected chi connectivity index (χ0v) is 20.4. The Balaban J connectivity index is 1.87. The lowest BCUT2D eigenvalue weighted by molar-refractivity contribution is 0.0492. The Morgan fingerprint density at radius 2 is 1.91 bits per heavy atom. The molecule has 9 heteroatoms. The van der Waals surface area contributed by atoms with E-state index in [1.165, 1.54) is 0 Å². The highest BCUT2D eigenvalue weighted by Crippen LogP contribution is 2.34. The van der Waals surface area contributed by atoms with Gasteiger partial charge in [0.25, 0.3) is 5.91 Å². The Labute approximate surface area is 199 Å². The van der Waals surface area contributed by atoms with E-state index in [4.69, 9.17) is 10.5 Å². The van der Waals surface area contributed by atoms with Crippen LogP contribution in [0.3, 0.4) is 0 Å². The fraction of sp³-hybridized carbons (Fsp3) is 0.480. The van der Waals surface area contributed by atoms with E-state index < -0.39 is 23.4 Å². The van der Waals surface area contributed by atoms with Crippen LogP contribution in [0, 0.1) is 18.7 Å². The summed E-state index contributed by atoms with van der Waals surface area (Å²) in [5.74, 6) is -1.12. The number of aryl methyl sites for hydroxylation is 1. The summed E-state index contributed by atoms with van der Waals surface area (Å²) in [7, 11) is 0. The average Bonchev–Trinajstić information content (AvgIpc) is 2.66. The first-order valence-corrected chi connectivity index (χ1v) is 11.5. The molecule has 0 saturated heterocycles. The number of ether oxygens (including phenoxy) is 1. The summed E-state index contributed by atoms with van der Waals surface area (Å²) in [4.78, 5) is 28.7. The molecule has 0 spiro atoms. The lowest BCUT2D eigenvalue weighted by Crippen LogP contribution is -2.51. The molecule has 1 aromatic carbocycles. The van der Waals surface area contributed by atoms with Crippen LogP contribution < -0.4 is 21.7 Å². The van der Waals surface area contributed by atoms with Crippen molar-refractivity contribution in [2.75, 3.05) is 10.6 Å². The predicted octanol–water partition coefficient (Wildman–Crippen LogP) is 4.87. The standard InChI is InChI=1S/C25H34FN5O3/c1-14-8-6-11-17(12-14)29-22-18(21(27)32)13-19(26)23(31-22)30-20(16-9-7-10-16)15(2)28-24(33)34-25(3,4)5/h6,8,11-13,15-16,20H,7,9-10H2,1-5H3,(H2,27,32)(H,28,33)(H2,29,30,31)/t15-,20-/m0/s1. The fourth-order valence-corrected chi connectivity index (χ4v) is 3.92. The van der Waals surface area contributed by atoms with Gasteiger partial charge in [-0.3, -0.25) is 4.79 Å². The molecule has 0 bridgehead atoms. The van der Waals surface area contributed by atoms with E-state index in [0.29, 0.717) is 5.69 Å². The third kappa shape index (κ3) is 6.59. The minimum absolute atomic E-state index is 0.0186. The number of amides is 2.